The summed E-state index contributed by atoms with van der Waals surface area (Å²) in [6.45, 7) is 6.39. The first kappa shape index (κ1) is 26.2. The van der Waals surface area contributed by atoms with Crippen LogP contribution in [0.1, 0.15) is 30.6 Å². The first-order chi connectivity index (χ1) is 15.9. The summed E-state index contributed by atoms with van der Waals surface area (Å²) in [6.07, 6.45) is 0.966. The fraction of sp³-hybridized carbons (Fsp3) is 0.417. The van der Waals surface area contributed by atoms with Gasteiger partial charge >= 0.3 is 0 Å². The molecule has 0 unspecified atom stereocenters. The Bertz CT molecular complexity index is 919. The molecule has 0 radical (unpaired) electrons. The third kappa shape index (κ3) is 8.43. The van der Waals surface area contributed by atoms with Gasteiger partial charge in [-0.2, -0.15) is 0 Å². The topological polar surface area (TPSA) is 84.1 Å². The van der Waals surface area contributed by atoms with Gasteiger partial charge in [0.1, 0.15) is 17.2 Å². The van der Waals surface area contributed by atoms with Crippen LogP contribution < -0.4 is 30.2 Å². The predicted octanol–water partition coefficient (Wildman–Crippen LogP) is 3.98. The normalized spacial score (nSPS) is 10.5. The Morgan fingerprint density at radius 2 is 1.55 bits per heavy atom. The van der Waals surface area contributed by atoms with Gasteiger partial charge in [-0.05, 0) is 77.4 Å². The van der Waals surface area contributed by atoms with Crippen molar-refractivity contribution in [3.05, 3.63) is 42.0 Å². The molecule has 0 aromatic heterocycles. The third-order valence-corrected chi connectivity index (χ3v) is 4.84. The fourth-order valence-corrected chi connectivity index (χ4v) is 3.22. The average Bonchev–Trinajstić information content (AvgIpc) is 2.79. The summed E-state index contributed by atoms with van der Waals surface area (Å²) in [4.78, 5) is 14.9. The molecule has 0 saturated heterocycles. The van der Waals surface area contributed by atoms with Crippen LogP contribution in [-0.4, -0.2) is 63.4 Å². The van der Waals surface area contributed by atoms with Crippen molar-refractivity contribution in [1.29, 1.82) is 0 Å². The van der Waals surface area contributed by atoms with E-state index in [1.165, 1.54) is 0 Å². The number of nitrogens with zero attached hydrogens (tertiary/aromatic N) is 1. The van der Waals surface area contributed by atoms with Crippen molar-refractivity contribution in [3.63, 3.8) is 0 Å². The lowest BCUT2D eigenvalue weighted by molar-refractivity contribution is 0.102. The minimum atomic E-state index is -0.264. The molecule has 0 heterocycles. The van der Waals surface area contributed by atoms with Crippen molar-refractivity contribution >= 4 is 34.6 Å². The highest BCUT2D eigenvalue weighted by atomic mass is 32.1. The molecule has 0 bridgehead atoms. The molecule has 0 spiro atoms. The molecule has 33 heavy (non-hydrogen) atoms. The average molecular weight is 475 g/mol. The van der Waals surface area contributed by atoms with Gasteiger partial charge in [-0.1, -0.05) is 0 Å². The van der Waals surface area contributed by atoms with E-state index in [4.69, 9.17) is 26.4 Å². The zero-order valence-corrected chi connectivity index (χ0v) is 20.8. The van der Waals surface area contributed by atoms with Gasteiger partial charge < -0.3 is 35.1 Å². The summed E-state index contributed by atoms with van der Waals surface area (Å²) in [5, 5.41) is 9.79. The molecule has 0 atom stereocenters. The number of thiocarbonyl (C=S) groups is 1. The number of carbonyl (C=O) groups is 1. The number of benzene rings is 2. The summed E-state index contributed by atoms with van der Waals surface area (Å²) in [7, 11) is 5.66. The Labute approximate surface area is 201 Å². The number of anilines is 2. The lowest BCUT2D eigenvalue weighted by atomic mass is 10.2. The SMILES string of the molecule is CCOc1cc(NC(=S)NCCCN(C)C)c(OCC)cc1NC(=O)c1ccc(OC)cc1. The highest BCUT2D eigenvalue weighted by Gasteiger charge is 2.16. The van der Waals surface area contributed by atoms with Crippen LogP contribution >= 0.6 is 12.2 Å². The number of carbonyl (C=O) groups excluding carboxylic acids is 1. The van der Waals surface area contributed by atoms with E-state index in [2.05, 4.69) is 20.9 Å². The van der Waals surface area contributed by atoms with Crippen LogP contribution in [0.4, 0.5) is 11.4 Å². The molecule has 1 amide bonds. The van der Waals surface area contributed by atoms with E-state index in [9.17, 15) is 4.79 Å². The van der Waals surface area contributed by atoms with E-state index in [0.717, 1.165) is 19.5 Å². The van der Waals surface area contributed by atoms with Crippen LogP contribution in [0.15, 0.2) is 36.4 Å². The number of methoxy groups -OCH3 is 1. The first-order valence-corrected chi connectivity index (χ1v) is 11.4. The van der Waals surface area contributed by atoms with E-state index in [1.54, 1.807) is 43.5 Å². The maximum atomic E-state index is 12.8. The highest BCUT2D eigenvalue weighted by Crippen LogP contribution is 2.37. The van der Waals surface area contributed by atoms with Crippen LogP contribution in [0.2, 0.25) is 0 Å². The van der Waals surface area contributed by atoms with Crippen LogP contribution in [-0.2, 0) is 0 Å². The molecule has 2 aromatic rings. The smallest absolute Gasteiger partial charge is 0.255 e. The summed E-state index contributed by atoms with van der Waals surface area (Å²) >= 11 is 5.44. The van der Waals surface area contributed by atoms with Crippen molar-refractivity contribution in [2.24, 2.45) is 0 Å². The largest absolute Gasteiger partial charge is 0.497 e. The standard InChI is InChI=1S/C24H34N4O4S/c1-6-31-21-16-20(27-24(33)25-13-8-14-28(3)4)22(32-7-2)15-19(21)26-23(29)17-9-11-18(30-5)12-10-17/h9-12,15-16H,6-8,13-14H2,1-5H3,(H,26,29)(H2,25,27,33). The number of ether oxygens (including phenoxy) is 3. The number of amides is 1. The number of nitrogens with one attached hydrogen (secondary N) is 3. The molecule has 0 aliphatic carbocycles. The van der Waals surface area contributed by atoms with Gasteiger partial charge in [0.05, 0.1) is 31.7 Å². The van der Waals surface area contributed by atoms with E-state index in [0.29, 0.717) is 52.5 Å². The van der Waals surface area contributed by atoms with Gasteiger partial charge in [-0.25, -0.2) is 0 Å². The minimum absolute atomic E-state index is 0.264. The Balaban J connectivity index is 2.20. The second-order valence-electron chi connectivity index (χ2n) is 7.43. The Morgan fingerprint density at radius 1 is 0.970 bits per heavy atom. The number of hydrogen-bond donors (Lipinski definition) is 3. The molecule has 2 aromatic carbocycles. The molecule has 0 aliphatic rings. The van der Waals surface area contributed by atoms with E-state index in [1.807, 2.05) is 27.9 Å². The highest BCUT2D eigenvalue weighted by molar-refractivity contribution is 7.80. The van der Waals surface area contributed by atoms with Crippen LogP contribution in [0.3, 0.4) is 0 Å². The van der Waals surface area contributed by atoms with Gasteiger partial charge in [-0.3, -0.25) is 4.79 Å². The van der Waals surface area contributed by atoms with Crippen molar-refractivity contribution in [2.75, 3.05) is 58.1 Å². The van der Waals surface area contributed by atoms with E-state index < -0.39 is 0 Å². The van der Waals surface area contributed by atoms with Gasteiger partial charge in [0.2, 0.25) is 0 Å². The monoisotopic (exact) mass is 474 g/mol. The molecule has 0 fully saturated rings. The molecule has 8 nitrogen and oxygen atoms in total. The molecule has 9 heteroatoms. The zero-order valence-electron chi connectivity index (χ0n) is 20.0. The predicted molar refractivity (Wildman–Crippen MR) is 137 cm³/mol. The van der Waals surface area contributed by atoms with Crippen molar-refractivity contribution in [1.82, 2.24) is 10.2 Å². The second-order valence-corrected chi connectivity index (χ2v) is 7.84. The molecular weight excluding hydrogens is 440 g/mol. The first-order valence-electron chi connectivity index (χ1n) is 11.0. The third-order valence-electron chi connectivity index (χ3n) is 4.60. The van der Waals surface area contributed by atoms with E-state index >= 15 is 0 Å². The van der Waals surface area contributed by atoms with Crippen molar-refractivity contribution in [2.45, 2.75) is 20.3 Å². The summed E-state index contributed by atoms with van der Waals surface area (Å²) in [5.41, 5.74) is 1.67. The van der Waals surface area contributed by atoms with Crippen LogP contribution in [0.5, 0.6) is 17.2 Å². The molecule has 2 rings (SSSR count). The van der Waals surface area contributed by atoms with Gasteiger partial charge in [-0.15, -0.1) is 0 Å². The van der Waals surface area contributed by atoms with Crippen LogP contribution in [0, 0.1) is 0 Å². The summed E-state index contributed by atoms with van der Waals surface area (Å²) < 4.78 is 16.8. The lowest BCUT2D eigenvalue weighted by Crippen LogP contribution is -2.31. The lowest BCUT2D eigenvalue weighted by Gasteiger charge is -2.19. The Hall–Kier alpha value is -3.04. The zero-order chi connectivity index (χ0) is 24.2. The van der Waals surface area contributed by atoms with Gasteiger partial charge in [0.15, 0.2) is 5.11 Å². The fourth-order valence-electron chi connectivity index (χ4n) is 3.01. The summed E-state index contributed by atoms with van der Waals surface area (Å²) in [6, 6.07) is 10.4. The number of hydrogen-bond acceptors (Lipinski definition) is 6. The Morgan fingerprint density at radius 3 is 2.06 bits per heavy atom. The number of rotatable bonds is 12. The Kier molecular flexibility index (Phi) is 10.7. The molecule has 0 saturated carbocycles. The second kappa shape index (κ2) is 13.5. The minimum Gasteiger partial charge on any atom is -0.497 e. The molecule has 3 N–H and O–H groups in total. The van der Waals surface area contributed by atoms with E-state index in [-0.39, 0.29) is 5.91 Å². The molecule has 180 valence electrons. The van der Waals surface area contributed by atoms with Crippen molar-refractivity contribution in [3.8, 4) is 17.2 Å². The van der Waals surface area contributed by atoms with Crippen molar-refractivity contribution < 1.29 is 19.0 Å². The van der Waals surface area contributed by atoms with Crippen LogP contribution in [0.25, 0.3) is 0 Å². The summed E-state index contributed by atoms with van der Waals surface area (Å²) in [5.74, 6) is 1.49. The van der Waals surface area contributed by atoms with Gasteiger partial charge in [0.25, 0.3) is 5.91 Å². The molecular formula is C24H34N4O4S. The maximum absolute atomic E-state index is 12.8. The quantitative estimate of drug-likeness (QED) is 0.315. The maximum Gasteiger partial charge on any atom is 0.255 e. The molecule has 0 aliphatic heterocycles. The van der Waals surface area contributed by atoms with Gasteiger partial charge in [0, 0.05) is 24.2 Å².